The number of halogens is 1. The second kappa shape index (κ2) is 7.26. The maximum atomic E-state index is 11.8. The van der Waals surface area contributed by atoms with E-state index in [-0.39, 0.29) is 11.3 Å². The Labute approximate surface area is 127 Å². The van der Waals surface area contributed by atoms with E-state index in [2.05, 4.69) is 10.5 Å². The molecule has 0 aliphatic heterocycles. The molecule has 2 N–H and O–H groups in total. The van der Waals surface area contributed by atoms with Crippen molar-refractivity contribution in [2.75, 3.05) is 0 Å². The first-order valence-corrected chi connectivity index (χ1v) is 6.58. The number of amides is 1. The molecule has 0 fully saturated rings. The lowest BCUT2D eigenvalue weighted by molar-refractivity contribution is 0.0952. The molecule has 0 bridgehead atoms. The molecule has 0 aromatic heterocycles. The van der Waals surface area contributed by atoms with Gasteiger partial charge in [-0.3, -0.25) is 4.79 Å². The minimum atomic E-state index is -0.506. The molecule has 0 spiro atoms. The van der Waals surface area contributed by atoms with Crippen LogP contribution in [0.3, 0.4) is 0 Å². The number of carbonyl (C=O) groups excluding carboxylic acids is 1. The van der Waals surface area contributed by atoms with E-state index >= 15 is 0 Å². The van der Waals surface area contributed by atoms with Crippen molar-refractivity contribution in [1.82, 2.24) is 5.43 Å². The Hall–Kier alpha value is -2.59. The number of benzene rings is 2. The van der Waals surface area contributed by atoms with Gasteiger partial charge in [0.15, 0.2) is 0 Å². The van der Waals surface area contributed by atoms with Crippen molar-refractivity contribution < 1.29 is 9.90 Å². The molecule has 2 rings (SSSR count). The summed E-state index contributed by atoms with van der Waals surface area (Å²) in [6, 6.07) is 15.7. The summed E-state index contributed by atoms with van der Waals surface area (Å²) in [6.45, 7) is 0. The zero-order chi connectivity index (χ0) is 15.1. The molecule has 21 heavy (non-hydrogen) atoms. The highest BCUT2D eigenvalue weighted by atomic mass is 35.5. The van der Waals surface area contributed by atoms with E-state index in [4.69, 9.17) is 11.6 Å². The Kier molecular flexibility index (Phi) is 5.12. The largest absolute Gasteiger partial charge is 0.507 e. The maximum absolute atomic E-state index is 11.8. The number of phenolic OH excluding ortho intramolecular Hbond substituents is 1. The number of allylic oxidation sites excluding steroid dienone is 1. The van der Waals surface area contributed by atoms with Gasteiger partial charge in [0, 0.05) is 0 Å². The van der Waals surface area contributed by atoms with Gasteiger partial charge in [-0.1, -0.05) is 54.1 Å². The fraction of sp³-hybridized carbons (Fsp3) is 0. The third-order valence-corrected chi connectivity index (χ3v) is 2.81. The maximum Gasteiger partial charge on any atom is 0.275 e. The molecule has 106 valence electrons. The second-order valence-electron chi connectivity index (χ2n) is 4.16. The van der Waals surface area contributed by atoms with E-state index in [1.165, 1.54) is 18.3 Å². The molecular formula is C16H13ClN2O2. The molecule has 1 amide bonds. The Bertz CT molecular complexity index is 682. The summed E-state index contributed by atoms with van der Waals surface area (Å²) in [5.74, 6) is -0.607. The molecular weight excluding hydrogens is 288 g/mol. The van der Waals surface area contributed by atoms with Crippen LogP contribution in [0.4, 0.5) is 0 Å². The van der Waals surface area contributed by atoms with Crippen LogP contribution in [0.5, 0.6) is 5.75 Å². The first kappa shape index (κ1) is 14.8. The standard InChI is InChI=1S/C16H13ClN2O2/c17-13(10-12-6-2-1-3-7-12)11-18-19-16(21)14-8-4-5-9-15(14)20/h1-11,20H,(H,19,21). The van der Waals surface area contributed by atoms with Crippen LogP contribution in [0.25, 0.3) is 6.08 Å². The Morgan fingerprint density at radius 2 is 1.76 bits per heavy atom. The molecule has 2 aromatic rings. The molecule has 4 nitrogen and oxygen atoms in total. The molecule has 0 saturated heterocycles. The molecule has 0 radical (unpaired) electrons. The number of hydrogen-bond donors (Lipinski definition) is 2. The van der Waals surface area contributed by atoms with Gasteiger partial charge < -0.3 is 5.11 Å². The van der Waals surface area contributed by atoms with Crippen LogP contribution in [0, 0.1) is 0 Å². The molecule has 0 saturated carbocycles. The summed E-state index contributed by atoms with van der Waals surface area (Å²) >= 11 is 5.99. The van der Waals surface area contributed by atoms with Gasteiger partial charge in [0.05, 0.1) is 16.8 Å². The van der Waals surface area contributed by atoms with Crippen LogP contribution in [0.1, 0.15) is 15.9 Å². The average Bonchev–Trinajstić information content (AvgIpc) is 2.48. The molecule has 5 heteroatoms. The average molecular weight is 301 g/mol. The van der Waals surface area contributed by atoms with E-state index in [0.717, 1.165) is 5.56 Å². The summed E-state index contributed by atoms with van der Waals surface area (Å²) < 4.78 is 0. The van der Waals surface area contributed by atoms with E-state index in [1.54, 1.807) is 18.2 Å². The normalized spacial score (nSPS) is 11.6. The van der Waals surface area contributed by atoms with Crippen LogP contribution < -0.4 is 5.43 Å². The van der Waals surface area contributed by atoms with Crippen molar-refractivity contribution >= 4 is 29.8 Å². The first-order valence-electron chi connectivity index (χ1n) is 6.20. The Morgan fingerprint density at radius 3 is 2.48 bits per heavy atom. The molecule has 0 atom stereocenters. The van der Waals surface area contributed by atoms with Crippen molar-refractivity contribution in [3.05, 3.63) is 70.8 Å². The fourth-order valence-electron chi connectivity index (χ4n) is 1.62. The number of hydrazone groups is 1. The van der Waals surface area contributed by atoms with Gasteiger partial charge in [0.2, 0.25) is 0 Å². The number of nitrogens with one attached hydrogen (secondary N) is 1. The molecule has 0 aliphatic carbocycles. The number of aromatic hydroxyl groups is 1. The predicted molar refractivity (Wildman–Crippen MR) is 84.3 cm³/mol. The van der Waals surface area contributed by atoms with Gasteiger partial charge in [-0.15, -0.1) is 0 Å². The number of hydrogen-bond acceptors (Lipinski definition) is 3. The van der Waals surface area contributed by atoms with Crippen LogP contribution in [-0.2, 0) is 0 Å². The minimum absolute atomic E-state index is 0.101. The minimum Gasteiger partial charge on any atom is -0.507 e. The molecule has 0 aliphatic rings. The molecule has 2 aromatic carbocycles. The monoisotopic (exact) mass is 300 g/mol. The third kappa shape index (κ3) is 4.47. The lowest BCUT2D eigenvalue weighted by atomic mass is 10.2. The van der Waals surface area contributed by atoms with E-state index in [9.17, 15) is 9.90 Å². The highest BCUT2D eigenvalue weighted by Gasteiger charge is 2.08. The summed E-state index contributed by atoms with van der Waals surface area (Å²) in [5, 5.41) is 13.7. The summed E-state index contributed by atoms with van der Waals surface area (Å²) in [5.41, 5.74) is 3.38. The van der Waals surface area contributed by atoms with E-state index in [0.29, 0.717) is 5.03 Å². The Morgan fingerprint density at radius 1 is 1.10 bits per heavy atom. The first-order chi connectivity index (χ1) is 10.2. The second-order valence-corrected chi connectivity index (χ2v) is 4.59. The van der Waals surface area contributed by atoms with E-state index in [1.807, 2.05) is 30.3 Å². The summed E-state index contributed by atoms with van der Waals surface area (Å²) in [7, 11) is 0. The van der Waals surface area contributed by atoms with Gasteiger partial charge in [0.25, 0.3) is 5.91 Å². The third-order valence-electron chi connectivity index (χ3n) is 2.61. The van der Waals surface area contributed by atoms with Crippen LogP contribution in [0.15, 0.2) is 64.7 Å². The van der Waals surface area contributed by atoms with Gasteiger partial charge >= 0.3 is 0 Å². The quantitative estimate of drug-likeness (QED) is 0.671. The SMILES string of the molecule is O=C(NN=CC(Cl)=Cc1ccccc1)c1ccccc1O. The van der Waals surface area contributed by atoms with Gasteiger partial charge in [-0.05, 0) is 23.8 Å². The van der Waals surface area contributed by atoms with Crippen molar-refractivity contribution in [2.24, 2.45) is 5.10 Å². The lowest BCUT2D eigenvalue weighted by Crippen LogP contribution is -2.17. The van der Waals surface area contributed by atoms with Crippen molar-refractivity contribution in [3.8, 4) is 5.75 Å². The number of rotatable bonds is 4. The topological polar surface area (TPSA) is 61.7 Å². The number of phenols is 1. The smallest absolute Gasteiger partial charge is 0.275 e. The fourth-order valence-corrected chi connectivity index (χ4v) is 1.80. The Balaban J connectivity index is 1.98. The highest BCUT2D eigenvalue weighted by molar-refractivity contribution is 6.41. The van der Waals surface area contributed by atoms with E-state index < -0.39 is 5.91 Å². The number of para-hydroxylation sites is 1. The molecule has 0 heterocycles. The summed E-state index contributed by atoms with van der Waals surface area (Å²) in [4.78, 5) is 11.8. The van der Waals surface area contributed by atoms with Crippen LogP contribution in [0.2, 0.25) is 0 Å². The number of nitrogens with zero attached hydrogens (tertiary/aromatic N) is 1. The van der Waals surface area contributed by atoms with Crippen LogP contribution >= 0.6 is 11.6 Å². The lowest BCUT2D eigenvalue weighted by Gasteiger charge is -2.01. The van der Waals surface area contributed by atoms with Gasteiger partial charge in [-0.2, -0.15) is 5.10 Å². The zero-order valence-corrected chi connectivity index (χ0v) is 11.8. The highest BCUT2D eigenvalue weighted by Crippen LogP contribution is 2.15. The summed E-state index contributed by atoms with van der Waals surface area (Å²) in [6.07, 6.45) is 3.05. The van der Waals surface area contributed by atoms with Gasteiger partial charge in [-0.25, -0.2) is 5.43 Å². The number of carbonyl (C=O) groups is 1. The zero-order valence-electron chi connectivity index (χ0n) is 11.0. The van der Waals surface area contributed by atoms with Crippen LogP contribution in [-0.4, -0.2) is 17.2 Å². The predicted octanol–water partition coefficient (Wildman–Crippen LogP) is 3.39. The van der Waals surface area contributed by atoms with Crippen molar-refractivity contribution in [1.29, 1.82) is 0 Å². The van der Waals surface area contributed by atoms with Crippen molar-refractivity contribution in [3.63, 3.8) is 0 Å². The van der Waals surface area contributed by atoms with Gasteiger partial charge in [0.1, 0.15) is 5.75 Å². The molecule has 0 unspecified atom stereocenters. The van der Waals surface area contributed by atoms with Crippen molar-refractivity contribution in [2.45, 2.75) is 0 Å².